The summed E-state index contributed by atoms with van der Waals surface area (Å²) in [6.07, 6.45) is 22.7. The summed E-state index contributed by atoms with van der Waals surface area (Å²) >= 11 is 1.58. The molecular formula is C52H71N9O3S. The topological polar surface area (TPSA) is 134 Å². The van der Waals surface area contributed by atoms with Crippen LogP contribution in [-0.4, -0.2) is 84.8 Å². The molecule has 2 unspecified atom stereocenters. The van der Waals surface area contributed by atoms with Crippen molar-refractivity contribution in [1.29, 1.82) is 0 Å². The molecule has 5 aromatic rings. The average Bonchev–Trinajstić information content (AvgIpc) is 3.83. The fraction of sp³-hybridized carbons (Fsp3) is 0.615. The maximum atomic E-state index is 13.0. The molecule has 12 nitrogen and oxygen atoms in total. The highest BCUT2D eigenvalue weighted by Crippen LogP contribution is 2.72. The first kappa shape index (κ1) is 45.7. The van der Waals surface area contributed by atoms with Crippen molar-refractivity contribution < 1.29 is 14.6 Å². The highest BCUT2D eigenvalue weighted by atomic mass is 32.1. The maximum Gasteiger partial charge on any atom is 0.355 e. The van der Waals surface area contributed by atoms with E-state index in [1.165, 1.54) is 77.0 Å². The van der Waals surface area contributed by atoms with E-state index in [9.17, 15) is 9.90 Å². The van der Waals surface area contributed by atoms with Gasteiger partial charge >= 0.3 is 5.97 Å². The molecule has 0 radical (unpaired) electrons. The molecule has 2 N–H and O–H groups in total. The van der Waals surface area contributed by atoms with Gasteiger partial charge in [-0.2, -0.15) is 5.10 Å². The summed E-state index contributed by atoms with van der Waals surface area (Å²) in [7, 11) is 2.26. The number of carboxylic acids is 1. The van der Waals surface area contributed by atoms with Gasteiger partial charge in [0.1, 0.15) is 5.82 Å². The number of hydrogen-bond donors (Lipinski definition) is 2. The Balaban J connectivity index is 0.872. The van der Waals surface area contributed by atoms with Crippen LogP contribution in [0.25, 0.3) is 21.3 Å². The summed E-state index contributed by atoms with van der Waals surface area (Å²) in [6, 6.07) is 11.9. The van der Waals surface area contributed by atoms with Crippen molar-refractivity contribution in [3.8, 4) is 11.1 Å². The minimum Gasteiger partial charge on any atom is -0.476 e. The Hall–Kier alpha value is -4.46. The van der Waals surface area contributed by atoms with Crippen molar-refractivity contribution in [1.82, 2.24) is 34.8 Å². The van der Waals surface area contributed by atoms with Gasteiger partial charge in [0.2, 0.25) is 0 Å². The number of benzene rings is 1. The third-order valence-corrected chi connectivity index (χ3v) is 16.3. The second-order valence-electron chi connectivity index (χ2n) is 21.4. The van der Waals surface area contributed by atoms with Crippen LogP contribution in [0.4, 0.5) is 22.6 Å². The van der Waals surface area contributed by atoms with Crippen LogP contribution in [0, 0.1) is 30.1 Å². The Morgan fingerprint density at radius 1 is 0.877 bits per heavy atom. The van der Waals surface area contributed by atoms with Crippen molar-refractivity contribution in [2.75, 3.05) is 43.5 Å². The van der Waals surface area contributed by atoms with Crippen LogP contribution in [0.3, 0.4) is 0 Å². The smallest absolute Gasteiger partial charge is 0.355 e. The molecule has 10 rings (SSSR count). The Kier molecular flexibility index (Phi) is 13.1. The van der Waals surface area contributed by atoms with Gasteiger partial charge < -0.3 is 25.0 Å². The van der Waals surface area contributed by atoms with Crippen LogP contribution in [-0.2, 0) is 17.7 Å². The number of nitrogens with one attached hydrogen (secondary N) is 1. The molecule has 4 bridgehead atoms. The van der Waals surface area contributed by atoms with E-state index in [-0.39, 0.29) is 27.5 Å². The first-order valence-corrected chi connectivity index (χ1v) is 25.5. The fourth-order valence-corrected chi connectivity index (χ4v) is 14.4. The number of pyridine rings is 1. The summed E-state index contributed by atoms with van der Waals surface area (Å²) in [4.78, 5) is 27.1. The van der Waals surface area contributed by atoms with Crippen molar-refractivity contribution in [2.24, 2.45) is 16.2 Å². The van der Waals surface area contributed by atoms with Gasteiger partial charge in [0, 0.05) is 47.6 Å². The number of fused-ring (bicyclic) bond motifs is 2. The number of rotatable bonds is 21. The zero-order valence-corrected chi connectivity index (χ0v) is 40.7. The lowest BCUT2D eigenvalue weighted by molar-refractivity contribution is -0.248. The van der Waals surface area contributed by atoms with Crippen LogP contribution in [0.1, 0.15) is 151 Å². The molecule has 0 spiro atoms. The van der Waals surface area contributed by atoms with Crippen LogP contribution in [0.2, 0.25) is 0 Å². The molecule has 348 valence electrons. The predicted octanol–water partition coefficient (Wildman–Crippen LogP) is 12.1. The minimum atomic E-state index is -1.07. The maximum absolute atomic E-state index is 13.0. The number of para-hydroxylation sites is 1. The van der Waals surface area contributed by atoms with E-state index in [2.05, 4.69) is 67.7 Å². The lowest BCUT2D eigenvalue weighted by Crippen LogP contribution is -2.64. The normalized spacial score (nSPS) is 24.6. The standard InChI is InChI=1S/C52H71N9O3S/c1-7-8-9-10-11-12-13-14-17-24-59(6)26-27-64-52-32-49(4)29-50(5,33-52)31-51(30-49,34-52)35-61-37(3)40(28-53-61)39-22-23-43(55-44(39)47(62)63)60-25-18-19-38-36(2)45(57-58-46(38)60)56-48-54-41-20-15-16-21-42(41)65-48/h15-16,20-23,28H,7-14,17-19,24-27,29-35H2,1-6H3,(H,62,63)(H,54,56,57)/t49-,50+,51?,52?. The Morgan fingerprint density at radius 3 is 2.35 bits per heavy atom. The summed E-state index contributed by atoms with van der Waals surface area (Å²) in [5.41, 5.74) is 5.82. The number of aromatic nitrogens is 6. The molecule has 5 heterocycles. The van der Waals surface area contributed by atoms with E-state index < -0.39 is 5.97 Å². The van der Waals surface area contributed by atoms with Gasteiger partial charge in [-0.15, -0.1) is 10.2 Å². The molecule has 13 heteroatoms. The number of aromatic carboxylic acids is 1. The SMILES string of the molecule is CCCCCCCCCCCN(C)CCOC12CC3(Cn4ncc(-c5ccc(N6CCCc7c6nnc(Nc6nc8ccccc8s6)c7C)nc5C(=O)O)c4C)C[C@@](C)(C1)C[C@](C)(C3)C2. The van der Waals surface area contributed by atoms with Crippen molar-refractivity contribution in [3.63, 3.8) is 0 Å². The van der Waals surface area contributed by atoms with Gasteiger partial charge in [0.25, 0.3) is 0 Å². The van der Waals surface area contributed by atoms with E-state index in [1.54, 1.807) is 11.3 Å². The lowest BCUT2D eigenvalue weighted by atomic mass is 9.39. The fourth-order valence-electron chi connectivity index (χ4n) is 13.5. The number of carbonyl (C=O) groups is 1. The molecule has 65 heavy (non-hydrogen) atoms. The molecular weight excluding hydrogens is 831 g/mol. The van der Waals surface area contributed by atoms with Gasteiger partial charge in [0.15, 0.2) is 22.5 Å². The molecule has 5 aliphatic rings. The molecule has 0 saturated heterocycles. The number of anilines is 4. The first-order valence-electron chi connectivity index (χ1n) is 24.6. The Morgan fingerprint density at radius 2 is 1.62 bits per heavy atom. The number of hydrogen-bond acceptors (Lipinski definition) is 11. The average molecular weight is 902 g/mol. The van der Waals surface area contributed by atoms with Gasteiger partial charge in [-0.1, -0.05) is 95.6 Å². The minimum absolute atomic E-state index is 0.0148. The van der Waals surface area contributed by atoms with E-state index >= 15 is 0 Å². The van der Waals surface area contributed by atoms with Gasteiger partial charge in [0.05, 0.1) is 28.6 Å². The van der Waals surface area contributed by atoms with Crippen LogP contribution in [0.5, 0.6) is 0 Å². The number of unbranched alkanes of at least 4 members (excludes halogenated alkanes) is 8. The third kappa shape index (κ3) is 9.70. The summed E-state index contributed by atoms with van der Waals surface area (Å²) in [5, 5.41) is 29.1. The second kappa shape index (κ2) is 18.7. The molecule has 4 atom stereocenters. The molecule has 4 aliphatic carbocycles. The van der Waals surface area contributed by atoms with Crippen LogP contribution < -0.4 is 10.2 Å². The predicted molar refractivity (Wildman–Crippen MR) is 262 cm³/mol. The van der Waals surface area contributed by atoms with Crippen molar-refractivity contribution >= 4 is 50.1 Å². The lowest BCUT2D eigenvalue weighted by Gasteiger charge is -2.69. The molecule has 4 fully saturated rings. The second-order valence-corrected chi connectivity index (χ2v) is 22.4. The van der Waals surface area contributed by atoms with E-state index in [0.29, 0.717) is 29.6 Å². The number of ether oxygens (including phenoxy) is 1. The Labute approximate surface area is 390 Å². The molecule has 1 aliphatic heterocycles. The Bertz CT molecular complexity index is 2450. The number of thiazole rings is 1. The first-order chi connectivity index (χ1) is 31.3. The highest BCUT2D eigenvalue weighted by molar-refractivity contribution is 7.22. The van der Waals surface area contributed by atoms with Crippen molar-refractivity contribution in [3.05, 3.63) is 65.1 Å². The molecule has 4 aromatic heterocycles. The highest BCUT2D eigenvalue weighted by Gasteiger charge is 2.66. The zero-order valence-electron chi connectivity index (χ0n) is 39.8. The van der Waals surface area contributed by atoms with Crippen molar-refractivity contribution in [2.45, 2.75) is 156 Å². The summed E-state index contributed by atoms with van der Waals surface area (Å²) in [6.45, 7) is 15.8. The van der Waals surface area contributed by atoms with Crippen LogP contribution in [0.15, 0.2) is 42.6 Å². The molecule has 0 amide bonds. The zero-order chi connectivity index (χ0) is 45.4. The number of carboxylic acid groups (broad SMARTS) is 1. The van der Waals surface area contributed by atoms with Crippen LogP contribution >= 0.6 is 11.3 Å². The summed E-state index contributed by atoms with van der Waals surface area (Å²) < 4.78 is 10.4. The number of nitrogens with zero attached hydrogens (tertiary/aromatic N) is 8. The van der Waals surface area contributed by atoms with E-state index in [4.69, 9.17) is 24.9 Å². The molecule has 4 saturated carbocycles. The number of likely N-dealkylation sites (N-methyl/N-ethyl adjacent to an activating group) is 1. The van der Waals surface area contributed by atoms with Gasteiger partial charge in [-0.25, -0.2) is 14.8 Å². The quantitative estimate of drug-likeness (QED) is 0.0682. The van der Waals surface area contributed by atoms with E-state index in [0.717, 1.165) is 96.1 Å². The molecule has 1 aromatic carbocycles. The largest absolute Gasteiger partial charge is 0.476 e. The van der Waals surface area contributed by atoms with Gasteiger partial charge in [-0.05, 0) is 126 Å². The van der Waals surface area contributed by atoms with E-state index in [1.807, 2.05) is 41.4 Å². The summed E-state index contributed by atoms with van der Waals surface area (Å²) in [5.74, 6) is 0.871. The monoisotopic (exact) mass is 902 g/mol. The third-order valence-electron chi connectivity index (χ3n) is 15.3. The van der Waals surface area contributed by atoms with Gasteiger partial charge in [-0.3, -0.25) is 4.68 Å².